The van der Waals surface area contributed by atoms with Gasteiger partial charge in [0.1, 0.15) is 12.7 Å². The lowest BCUT2D eigenvalue weighted by molar-refractivity contribution is -0.181. The zero-order chi connectivity index (χ0) is 31.3. The molecular formula is C33H35N9O3. The quantitative estimate of drug-likeness (QED) is 0.205. The van der Waals surface area contributed by atoms with Crippen LogP contribution in [0.4, 0.5) is 10.5 Å². The molecule has 0 spiro atoms. The van der Waals surface area contributed by atoms with Crippen LogP contribution < -0.4 is 21.9 Å². The van der Waals surface area contributed by atoms with E-state index in [0.29, 0.717) is 17.9 Å². The molecule has 6 rings (SSSR count). The Labute approximate surface area is 261 Å². The van der Waals surface area contributed by atoms with E-state index in [1.54, 1.807) is 40.6 Å². The van der Waals surface area contributed by atoms with Gasteiger partial charge in [0.15, 0.2) is 0 Å². The highest BCUT2D eigenvalue weighted by molar-refractivity contribution is 5.90. The summed E-state index contributed by atoms with van der Waals surface area (Å²) in [4.78, 5) is 47.9. The first-order chi connectivity index (χ1) is 21.9. The molecule has 0 saturated carbocycles. The number of carbonyl (C=O) groups excluding carboxylic acids is 3. The minimum absolute atomic E-state index is 0.0465. The Hall–Kier alpha value is -5.46. The van der Waals surface area contributed by atoms with Crippen LogP contribution in [0.15, 0.2) is 109 Å². The third-order valence-electron chi connectivity index (χ3n) is 7.99. The molecule has 3 heterocycles. The maximum Gasteiger partial charge on any atom is 0.334 e. The number of hydrogen-bond acceptors (Lipinski definition) is 8. The molecule has 12 nitrogen and oxygen atoms in total. The molecule has 0 radical (unpaired) electrons. The number of hydrogen-bond donors (Lipinski definition) is 3. The van der Waals surface area contributed by atoms with Gasteiger partial charge in [0.05, 0.1) is 25.3 Å². The molecular weight excluding hydrogens is 570 g/mol. The molecule has 1 aromatic heterocycles. The Kier molecular flexibility index (Phi) is 8.58. The Morgan fingerprint density at radius 1 is 0.933 bits per heavy atom. The van der Waals surface area contributed by atoms with Gasteiger partial charge in [-0.3, -0.25) is 19.6 Å². The van der Waals surface area contributed by atoms with Crippen LogP contribution in [-0.4, -0.2) is 75.0 Å². The number of nitrogens with one attached hydrogen (secondary N) is 1. The van der Waals surface area contributed by atoms with Crippen molar-refractivity contribution in [3.05, 3.63) is 120 Å². The fourth-order valence-electron chi connectivity index (χ4n) is 5.78. The highest BCUT2D eigenvalue weighted by atomic mass is 16.2. The van der Waals surface area contributed by atoms with E-state index in [2.05, 4.69) is 10.3 Å². The number of rotatable bonds is 8. The highest BCUT2D eigenvalue weighted by Gasteiger charge is 2.46. The lowest BCUT2D eigenvalue weighted by Gasteiger charge is -2.52. The van der Waals surface area contributed by atoms with E-state index in [1.807, 2.05) is 72.8 Å². The molecule has 0 aliphatic carbocycles. The van der Waals surface area contributed by atoms with Crippen molar-refractivity contribution >= 4 is 34.3 Å². The summed E-state index contributed by atoms with van der Waals surface area (Å²) >= 11 is 0. The van der Waals surface area contributed by atoms with Gasteiger partial charge >= 0.3 is 6.03 Å². The van der Waals surface area contributed by atoms with Gasteiger partial charge in [-0.15, -0.1) is 0 Å². The van der Waals surface area contributed by atoms with Crippen molar-refractivity contribution in [3.8, 4) is 0 Å². The van der Waals surface area contributed by atoms with Gasteiger partial charge in [0, 0.05) is 37.4 Å². The van der Waals surface area contributed by atoms with Gasteiger partial charge in [0.2, 0.25) is 11.8 Å². The lowest BCUT2D eigenvalue weighted by atomic mass is 10.0. The first-order valence-electron chi connectivity index (χ1n) is 14.7. The number of pyridine rings is 1. The van der Waals surface area contributed by atoms with Crippen molar-refractivity contribution in [2.24, 2.45) is 11.6 Å². The summed E-state index contributed by atoms with van der Waals surface area (Å²) in [5.41, 5.74) is 9.33. The number of carbonyl (C=O) groups is 3. The van der Waals surface area contributed by atoms with Crippen LogP contribution in [-0.2, 0) is 22.7 Å². The number of anilines is 1. The standard InChI is InChI=1S/C33H35N9O3/c34-27(20-41(35)28-13-15-36-16-14-28)19-39-22-32(44)40-23-31(43)38(18-26-11-6-10-25-9-4-5-12-29(25)26)21-30(40)42(39)33(45)37-17-24-7-2-1-3-8-24/h1-16,20,30H,17-19,21-23,34-35H2,(H,37,45)/b27-20-. The average Bonchev–Trinajstić information content (AvgIpc) is 3.05. The summed E-state index contributed by atoms with van der Waals surface area (Å²) in [7, 11) is 0. The molecule has 4 aromatic rings. The largest absolute Gasteiger partial charge is 0.400 e. The van der Waals surface area contributed by atoms with Crippen LogP contribution in [0.1, 0.15) is 11.1 Å². The molecule has 4 amide bonds. The van der Waals surface area contributed by atoms with E-state index < -0.39 is 12.2 Å². The summed E-state index contributed by atoms with van der Waals surface area (Å²) < 4.78 is 0. The number of urea groups is 1. The predicted molar refractivity (Wildman–Crippen MR) is 170 cm³/mol. The summed E-state index contributed by atoms with van der Waals surface area (Å²) in [5.74, 6) is 5.76. The van der Waals surface area contributed by atoms with Crippen LogP contribution in [0.25, 0.3) is 10.8 Å². The summed E-state index contributed by atoms with van der Waals surface area (Å²) in [6, 6.07) is 26.6. The zero-order valence-electron chi connectivity index (χ0n) is 24.7. The Balaban J connectivity index is 1.27. The second-order valence-corrected chi connectivity index (χ2v) is 11.0. The van der Waals surface area contributed by atoms with Gasteiger partial charge in [-0.05, 0) is 34.0 Å². The molecule has 1 unspecified atom stereocenters. The zero-order valence-corrected chi connectivity index (χ0v) is 24.7. The molecule has 2 aliphatic rings. The van der Waals surface area contributed by atoms with Crippen LogP contribution in [0.5, 0.6) is 0 Å². The summed E-state index contributed by atoms with van der Waals surface area (Å²) in [6.07, 6.45) is 4.04. The maximum atomic E-state index is 13.9. The number of nitrogens with two attached hydrogens (primary N) is 2. The third-order valence-corrected chi connectivity index (χ3v) is 7.99. The molecule has 3 aromatic carbocycles. The van der Waals surface area contributed by atoms with E-state index in [9.17, 15) is 14.4 Å². The monoisotopic (exact) mass is 605 g/mol. The normalized spacial score (nSPS) is 17.4. The summed E-state index contributed by atoms with van der Waals surface area (Å²) in [6.45, 7) is 0.536. The van der Waals surface area contributed by atoms with Crippen LogP contribution >= 0.6 is 0 Å². The number of piperazine rings is 1. The van der Waals surface area contributed by atoms with E-state index in [4.69, 9.17) is 11.6 Å². The Morgan fingerprint density at radius 2 is 1.67 bits per heavy atom. The van der Waals surface area contributed by atoms with E-state index >= 15 is 0 Å². The molecule has 12 heteroatoms. The molecule has 0 bridgehead atoms. The van der Waals surface area contributed by atoms with Gasteiger partial charge < -0.3 is 20.9 Å². The molecule has 2 aliphatic heterocycles. The fraction of sp³-hybridized carbons (Fsp3) is 0.212. The molecule has 230 valence electrons. The number of fused-ring (bicyclic) bond motifs is 2. The van der Waals surface area contributed by atoms with Gasteiger partial charge in [-0.2, -0.15) is 5.01 Å². The second kappa shape index (κ2) is 13.0. The van der Waals surface area contributed by atoms with Crippen molar-refractivity contribution < 1.29 is 14.4 Å². The van der Waals surface area contributed by atoms with E-state index in [0.717, 1.165) is 21.9 Å². The number of nitrogens with zero attached hydrogens (tertiary/aromatic N) is 6. The second-order valence-electron chi connectivity index (χ2n) is 11.0. The SMILES string of the molecule is N/C(=C\N(N)c1ccncc1)CN1CC(=O)N2CC(=O)N(Cc3cccc4ccccc34)CC2N1C(=O)NCc1ccccc1. The minimum Gasteiger partial charge on any atom is -0.400 e. The maximum absolute atomic E-state index is 13.9. The van der Waals surface area contributed by atoms with Crippen LogP contribution in [0, 0.1) is 0 Å². The Morgan fingerprint density at radius 3 is 2.47 bits per heavy atom. The minimum atomic E-state index is -0.739. The van der Waals surface area contributed by atoms with Crippen molar-refractivity contribution in [3.63, 3.8) is 0 Å². The van der Waals surface area contributed by atoms with Gasteiger partial charge in [0.25, 0.3) is 0 Å². The number of aromatic nitrogens is 1. The van der Waals surface area contributed by atoms with Crippen LogP contribution in [0.3, 0.4) is 0 Å². The van der Waals surface area contributed by atoms with Crippen LogP contribution in [0.2, 0.25) is 0 Å². The smallest absolute Gasteiger partial charge is 0.334 e. The molecule has 1 atom stereocenters. The first-order valence-corrected chi connectivity index (χ1v) is 14.7. The average molecular weight is 606 g/mol. The third kappa shape index (κ3) is 6.56. The van der Waals surface area contributed by atoms with Crippen molar-refractivity contribution in [1.29, 1.82) is 0 Å². The topological polar surface area (TPSA) is 144 Å². The number of amides is 4. The van der Waals surface area contributed by atoms with Crippen molar-refractivity contribution in [2.75, 3.05) is 31.2 Å². The summed E-state index contributed by atoms with van der Waals surface area (Å²) in [5, 5.41) is 9.60. The first kappa shape index (κ1) is 29.6. The van der Waals surface area contributed by atoms with E-state index in [1.165, 1.54) is 14.9 Å². The van der Waals surface area contributed by atoms with Crippen molar-refractivity contribution in [1.82, 2.24) is 30.1 Å². The highest BCUT2D eigenvalue weighted by Crippen LogP contribution is 2.26. The molecule has 5 N–H and O–H groups in total. The molecule has 2 saturated heterocycles. The van der Waals surface area contributed by atoms with E-state index in [-0.39, 0.29) is 44.5 Å². The Bertz CT molecular complexity index is 1710. The van der Waals surface area contributed by atoms with Crippen molar-refractivity contribution in [2.45, 2.75) is 19.3 Å². The van der Waals surface area contributed by atoms with Gasteiger partial charge in [-0.25, -0.2) is 15.6 Å². The number of benzene rings is 3. The molecule has 2 fully saturated rings. The number of hydrazine groups is 2. The van der Waals surface area contributed by atoms with Gasteiger partial charge in [-0.1, -0.05) is 72.8 Å². The molecule has 45 heavy (non-hydrogen) atoms. The lowest BCUT2D eigenvalue weighted by Crippen LogP contribution is -2.74. The predicted octanol–water partition coefficient (Wildman–Crippen LogP) is 2.35. The fourth-order valence-corrected chi connectivity index (χ4v) is 5.78.